The fourth-order valence-electron chi connectivity index (χ4n) is 2.07. The lowest BCUT2D eigenvalue weighted by Crippen LogP contribution is -2.54. The van der Waals surface area contributed by atoms with E-state index in [0.717, 1.165) is 10.4 Å². The van der Waals surface area contributed by atoms with Crippen LogP contribution in [0, 0.1) is 6.92 Å². The Morgan fingerprint density at radius 3 is 2.38 bits per heavy atom. The van der Waals surface area contributed by atoms with E-state index in [1.807, 2.05) is 0 Å². The van der Waals surface area contributed by atoms with Crippen LogP contribution in [0.4, 0.5) is 0 Å². The van der Waals surface area contributed by atoms with Crippen molar-refractivity contribution in [1.82, 2.24) is 4.31 Å². The summed E-state index contributed by atoms with van der Waals surface area (Å²) < 4.78 is 25.7. The monoisotopic (exact) mass is 333 g/mol. The first-order valence-electron chi connectivity index (χ1n) is 5.94. The van der Waals surface area contributed by atoms with Crippen molar-refractivity contribution >= 4 is 33.6 Å². The second-order valence-corrected chi connectivity index (χ2v) is 6.91. The van der Waals surface area contributed by atoms with E-state index in [-0.39, 0.29) is 28.4 Å². The summed E-state index contributed by atoms with van der Waals surface area (Å²) in [5.74, 6) is -2.53. The Morgan fingerprint density at radius 2 is 1.95 bits per heavy atom. The van der Waals surface area contributed by atoms with Crippen LogP contribution in [-0.4, -0.2) is 47.5 Å². The number of aliphatic carboxylic acids is 1. The van der Waals surface area contributed by atoms with Crippen LogP contribution >= 0.6 is 11.6 Å². The van der Waals surface area contributed by atoms with Gasteiger partial charge in [0.15, 0.2) is 0 Å². The number of carboxylic acid groups (broad SMARTS) is 2. The molecule has 21 heavy (non-hydrogen) atoms. The van der Waals surface area contributed by atoms with Crippen molar-refractivity contribution < 1.29 is 28.2 Å². The summed E-state index contributed by atoms with van der Waals surface area (Å²) in [5.41, 5.74) is 0.0745. The summed E-state index contributed by atoms with van der Waals surface area (Å²) in [7, 11) is -4.15. The highest BCUT2D eigenvalue weighted by molar-refractivity contribution is 7.89. The molecule has 0 aromatic heterocycles. The molecule has 1 heterocycles. The molecule has 0 spiro atoms. The van der Waals surface area contributed by atoms with Gasteiger partial charge in [0.25, 0.3) is 0 Å². The van der Waals surface area contributed by atoms with Crippen molar-refractivity contribution in [2.45, 2.75) is 24.3 Å². The molecule has 114 valence electrons. The Labute approximate surface area is 125 Å². The molecule has 1 saturated heterocycles. The van der Waals surface area contributed by atoms with E-state index in [1.165, 1.54) is 13.0 Å². The zero-order valence-corrected chi connectivity index (χ0v) is 12.5. The number of aryl methyl sites for hydroxylation is 1. The fourth-order valence-corrected chi connectivity index (χ4v) is 4.27. The van der Waals surface area contributed by atoms with Crippen LogP contribution in [-0.2, 0) is 14.8 Å². The van der Waals surface area contributed by atoms with Crippen LogP contribution in [0.15, 0.2) is 17.0 Å². The highest BCUT2D eigenvalue weighted by Crippen LogP contribution is 2.33. The number of nitrogens with zero attached hydrogens (tertiary/aromatic N) is 1. The lowest BCUT2D eigenvalue weighted by molar-refractivity contribution is -0.144. The van der Waals surface area contributed by atoms with E-state index in [2.05, 4.69) is 0 Å². The molecule has 0 saturated carbocycles. The molecule has 1 aromatic rings. The maximum atomic E-state index is 12.5. The van der Waals surface area contributed by atoms with Crippen LogP contribution in [0.3, 0.4) is 0 Å². The van der Waals surface area contributed by atoms with Gasteiger partial charge in [-0.15, -0.1) is 0 Å². The molecule has 0 aliphatic carbocycles. The molecule has 1 aliphatic heterocycles. The van der Waals surface area contributed by atoms with Crippen LogP contribution in [0.1, 0.15) is 22.3 Å². The zero-order chi connectivity index (χ0) is 15.9. The Morgan fingerprint density at radius 1 is 1.33 bits per heavy atom. The number of rotatable bonds is 4. The first kappa shape index (κ1) is 15.7. The first-order chi connectivity index (χ1) is 9.66. The van der Waals surface area contributed by atoms with Crippen molar-refractivity contribution in [3.05, 3.63) is 28.3 Å². The molecule has 2 rings (SSSR count). The van der Waals surface area contributed by atoms with Gasteiger partial charge in [-0.05, 0) is 31.0 Å². The van der Waals surface area contributed by atoms with Crippen LogP contribution in [0.25, 0.3) is 0 Å². The van der Waals surface area contributed by atoms with Crippen molar-refractivity contribution in [2.75, 3.05) is 6.54 Å². The number of carbonyl (C=O) groups is 2. The number of sulfonamides is 1. The van der Waals surface area contributed by atoms with Gasteiger partial charge in [0, 0.05) is 6.54 Å². The van der Waals surface area contributed by atoms with Crippen molar-refractivity contribution in [1.29, 1.82) is 0 Å². The van der Waals surface area contributed by atoms with Gasteiger partial charge < -0.3 is 10.2 Å². The lowest BCUT2D eigenvalue weighted by Gasteiger charge is -2.36. The van der Waals surface area contributed by atoms with Gasteiger partial charge in [-0.3, -0.25) is 4.79 Å². The second kappa shape index (κ2) is 5.28. The van der Waals surface area contributed by atoms with Gasteiger partial charge in [0.2, 0.25) is 10.0 Å². The average Bonchev–Trinajstić information content (AvgIpc) is 2.28. The maximum Gasteiger partial charge on any atom is 0.335 e. The van der Waals surface area contributed by atoms with Crippen LogP contribution in [0.5, 0.6) is 0 Å². The van der Waals surface area contributed by atoms with E-state index in [0.29, 0.717) is 5.56 Å². The molecule has 7 nitrogen and oxygen atoms in total. The molecule has 1 aromatic carbocycles. The molecule has 2 N–H and O–H groups in total. The minimum absolute atomic E-state index is 0.0615. The smallest absolute Gasteiger partial charge is 0.335 e. The largest absolute Gasteiger partial charge is 0.480 e. The van der Waals surface area contributed by atoms with Crippen LogP contribution < -0.4 is 0 Å². The van der Waals surface area contributed by atoms with E-state index < -0.39 is 28.0 Å². The van der Waals surface area contributed by atoms with Gasteiger partial charge in [0.05, 0.1) is 10.6 Å². The van der Waals surface area contributed by atoms with E-state index in [4.69, 9.17) is 21.8 Å². The van der Waals surface area contributed by atoms with E-state index in [9.17, 15) is 18.0 Å². The predicted molar refractivity (Wildman–Crippen MR) is 73.1 cm³/mol. The summed E-state index contributed by atoms with van der Waals surface area (Å²) in [5, 5.41) is 17.8. The Bertz CT molecular complexity index is 730. The number of benzene rings is 1. The van der Waals surface area contributed by atoms with Gasteiger partial charge in [-0.25, -0.2) is 13.2 Å². The minimum Gasteiger partial charge on any atom is -0.480 e. The fraction of sp³-hybridized carbons (Fsp3) is 0.333. The standard InChI is InChI=1S/C12H12ClNO6S/c1-6-4-7(11(15)16)5-9(10(6)13)21(19,20)14-3-2-8(14)12(17)18/h4-5,8H,2-3H2,1H3,(H,15,16)(H,17,18)/t8-/m0/s1. The molecule has 0 bridgehead atoms. The number of aromatic carboxylic acids is 1. The van der Waals surface area contributed by atoms with Gasteiger partial charge in [-0.1, -0.05) is 11.6 Å². The SMILES string of the molecule is Cc1cc(C(=O)O)cc(S(=O)(=O)N2CC[C@H]2C(=O)O)c1Cl. The second-order valence-electron chi connectivity index (χ2n) is 4.67. The molecule has 1 aliphatic rings. The first-order valence-corrected chi connectivity index (χ1v) is 7.76. The zero-order valence-electron chi connectivity index (χ0n) is 10.9. The Balaban J connectivity index is 2.55. The average molecular weight is 334 g/mol. The Hall–Kier alpha value is -1.64. The molecule has 0 amide bonds. The summed E-state index contributed by atoms with van der Waals surface area (Å²) in [6.45, 7) is 1.55. The van der Waals surface area contributed by atoms with Crippen molar-refractivity contribution in [2.24, 2.45) is 0 Å². The number of halogens is 1. The highest BCUT2D eigenvalue weighted by atomic mass is 35.5. The normalized spacial score (nSPS) is 19.0. The predicted octanol–water partition coefficient (Wildman–Crippen LogP) is 1.19. The topological polar surface area (TPSA) is 112 Å². The third kappa shape index (κ3) is 2.61. The number of hydrogen-bond donors (Lipinski definition) is 2. The molecular formula is C12H12ClNO6S. The molecule has 0 radical (unpaired) electrons. The van der Waals surface area contributed by atoms with E-state index in [1.54, 1.807) is 0 Å². The van der Waals surface area contributed by atoms with Gasteiger partial charge in [0.1, 0.15) is 10.9 Å². The van der Waals surface area contributed by atoms with Crippen molar-refractivity contribution in [3.8, 4) is 0 Å². The van der Waals surface area contributed by atoms with E-state index >= 15 is 0 Å². The highest BCUT2D eigenvalue weighted by Gasteiger charge is 2.43. The van der Waals surface area contributed by atoms with Gasteiger partial charge in [-0.2, -0.15) is 4.31 Å². The molecule has 0 unspecified atom stereocenters. The molecule has 1 atom stereocenters. The summed E-state index contributed by atoms with van der Waals surface area (Å²) in [6, 6.07) is 1.07. The third-order valence-corrected chi connectivity index (χ3v) is 5.86. The number of carboxylic acids is 2. The minimum atomic E-state index is -4.15. The molecule has 1 fully saturated rings. The summed E-state index contributed by atoms with van der Waals surface area (Å²) in [6.07, 6.45) is 0.212. The maximum absolute atomic E-state index is 12.5. The van der Waals surface area contributed by atoms with Gasteiger partial charge >= 0.3 is 11.9 Å². The molecule has 9 heteroatoms. The summed E-state index contributed by atoms with van der Waals surface area (Å²) in [4.78, 5) is 21.6. The summed E-state index contributed by atoms with van der Waals surface area (Å²) >= 11 is 5.96. The quantitative estimate of drug-likeness (QED) is 0.856. The number of hydrogen-bond acceptors (Lipinski definition) is 4. The van der Waals surface area contributed by atoms with Crippen LogP contribution in [0.2, 0.25) is 5.02 Å². The third-order valence-electron chi connectivity index (χ3n) is 3.31. The Kier molecular flexibility index (Phi) is 3.96. The lowest BCUT2D eigenvalue weighted by atomic mass is 10.1. The molecular weight excluding hydrogens is 322 g/mol. The van der Waals surface area contributed by atoms with Crippen molar-refractivity contribution in [3.63, 3.8) is 0 Å².